The summed E-state index contributed by atoms with van der Waals surface area (Å²) in [5.41, 5.74) is 3.17. The molecule has 0 saturated carbocycles. The topological polar surface area (TPSA) is 55.2 Å². The molecule has 1 atom stereocenters. The van der Waals surface area contributed by atoms with Crippen molar-refractivity contribution in [2.45, 2.75) is 19.3 Å². The second-order valence-corrected chi connectivity index (χ2v) is 8.48. The van der Waals surface area contributed by atoms with Crippen LogP contribution in [0.4, 0.5) is 5.69 Å². The quantitative estimate of drug-likeness (QED) is 0.426. The Morgan fingerprint density at radius 1 is 0.935 bits per heavy atom. The summed E-state index contributed by atoms with van der Waals surface area (Å²) in [5, 5.41) is 0.558. The summed E-state index contributed by atoms with van der Waals surface area (Å²) in [6.45, 7) is 2.58. The maximum atomic E-state index is 13.5. The van der Waals surface area contributed by atoms with Gasteiger partial charge in [-0.2, -0.15) is 0 Å². The standard InChI is InChI=1S/C25H20BrN3O2/c1-2-28-22-10-6-4-7-18(22)20(24(28)30)15-23-27-21-9-5-3-8-19(21)25(31)29(23)17-13-11-16(26)12-14-17/h3-14,20H,2,15H2,1H3/t20-/m1/s1. The number of fused-ring (bicyclic) bond motifs is 2. The second kappa shape index (κ2) is 7.78. The smallest absolute Gasteiger partial charge is 0.265 e. The van der Waals surface area contributed by atoms with E-state index in [0.717, 1.165) is 21.4 Å². The molecule has 1 aliphatic heterocycles. The molecule has 1 aromatic heterocycles. The fourth-order valence-corrected chi connectivity index (χ4v) is 4.61. The van der Waals surface area contributed by atoms with E-state index in [1.54, 1.807) is 10.6 Å². The van der Waals surface area contributed by atoms with Crippen LogP contribution in [0.5, 0.6) is 0 Å². The van der Waals surface area contributed by atoms with E-state index in [4.69, 9.17) is 4.98 Å². The van der Waals surface area contributed by atoms with Gasteiger partial charge in [-0.1, -0.05) is 46.3 Å². The number of carbonyl (C=O) groups is 1. The van der Waals surface area contributed by atoms with Crippen molar-refractivity contribution in [3.05, 3.63) is 99.0 Å². The van der Waals surface area contributed by atoms with Crippen molar-refractivity contribution in [1.82, 2.24) is 9.55 Å². The Bertz CT molecular complexity index is 1360. The Morgan fingerprint density at radius 3 is 2.42 bits per heavy atom. The number of nitrogens with zero attached hydrogens (tertiary/aromatic N) is 3. The van der Waals surface area contributed by atoms with Crippen molar-refractivity contribution >= 4 is 38.4 Å². The number of likely N-dealkylation sites (N-methyl/N-ethyl adjacent to an activating group) is 1. The zero-order chi connectivity index (χ0) is 21.5. The maximum Gasteiger partial charge on any atom is 0.265 e. The Hall–Kier alpha value is -3.25. The van der Waals surface area contributed by atoms with Gasteiger partial charge in [0.25, 0.3) is 5.56 Å². The van der Waals surface area contributed by atoms with Crippen LogP contribution in [-0.2, 0) is 11.2 Å². The summed E-state index contributed by atoms with van der Waals surface area (Å²) in [5.74, 6) is 0.261. The molecule has 0 aliphatic carbocycles. The molecule has 0 saturated heterocycles. The molecule has 0 unspecified atom stereocenters. The summed E-state index contributed by atoms with van der Waals surface area (Å²) in [6, 6.07) is 22.8. The van der Waals surface area contributed by atoms with E-state index in [9.17, 15) is 9.59 Å². The predicted molar refractivity (Wildman–Crippen MR) is 126 cm³/mol. The van der Waals surface area contributed by atoms with Gasteiger partial charge in [0.05, 0.1) is 22.5 Å². The molecule has 0 fully saturated rings. The Labute approximate surface area is 188 Å². The Morgan fingerprint density at radius 2 is 1.65 bits per heavy atom. The van der Waals surface area contributed by atoms with Crippen molar-refractivity contribution in [2.75, 3.05) is 11.4 Å². The molecule has 31 heavy (non-hydrogen) atoms. The number of rotatable bonds is 4. The number of hydrogen-bond acceptors (Lipinski definition) is 3. The first-order valence-electron chi connectivity index (χ1n) is 10.3. The van der Waals surface area contributed by atoms with Gasteiger partial charge >= 0.3 is 0 Å². The van der Waals surface area contributed by atoms with Crippen LogP contribution in [0, 0.1) is 0 Å². The number of amides is 1. The average Bonchev–Trinajstić information content (AvgIpc) is 3.06. The van der Waals surface area contributed by atoms with Crippen molar-refractivity contribution in [3.8, 4) is 5.69 Å². The molecule has 4 aromatic rings. The summed E-state index contributed by atoms with van der Waals surface area (Å²) < 4.78 is 2.57. The maximum absolute atomic E-state index is 13.5. The molecule has 0 bridgehead atoms. The predicted octanol–water partition coefficient (Wildman–Crippen LogP) is 4.84. The van der Waals surface area contributed by atoms with Crippen LogP contribution in [-0.4, -0.2) is 22.0 Å². The van der Waals surface area contributed by atoms with E-state index in [1.807, 2.05) is 78.6 Å². The van der Waals surface area contributed by atoms with Gasteiger partial charge in [0.15, 0.2) is 0 Å². The van der Waals surface area contributed by atoms with E-state index < -0.39 is 0 Å². The number of hydrogen-bond donors (Lipinski definition) is 0. The first kappa shape index (κ1) is 19.7. The normalized spacial score (nSPS) is 15.5. The van der Waals surface area contributed by atoms with Gasteiger partial charge in [0.2, 0.25) is 5.91 Å². The molecular weight excluding hydrogens is 454 g/mol. The van der Waals surface area contributed by atoms with E-state index >= 15 is 0 Å². The van der Waals surface area contributed by atoms with Crippen LogP contribution in [0.1, 0.15) is 24.2 Å². The minimum atomic E-state index is -0.370. The fraction of sp³-hybridized carbons (Fsp3) is 0.160. The minimum Gasteiger partial charge on any atom is -0.312 e. The van der Waals surface area contributed by atoms with Crippen LogP contribution in [0.25, 0.3) is 16.6 Å². The monoisotopic (exact) mass is 473 g/mol. The molecule has 0 radical (unpaired) electrons. The first-order valence-corrected chi connectivity index (χ1v) is 11.0. The number of carbonyl (C=O) groups excluding carboxylic acids is 1. The van der Waals surface area contributed by atoms with Gasteiger partial charge in [-0.25, -0.2) is 4.98 Å². The van der Waals surface area contributed by atoms with E-state index in [-0.39, 0.29) is 17.4 Å². The molecular formula is C25H20BrN3O2. The van der Waals surface area contributed by atoms with Crippen molar-refractivity contribution in [2.24, 2.45) is 0 Å². The summed E-state index contributed by atoms with van der Waals surface area (Å²) in [6.07, 6.45) is 0.350. The molecule has 154 valence electrons. The molecule has 1 aliphatic rings. The SMILES string of the molecule is CCN1C(=O)[C@H](Cc2nc3ccccc3c(=O)n2-c2ccc(Br)cc2)c2ccccc21. The van der Waals surface area contributed by atoms with Crippen LogP contribution in [0.2, 0.25) is 0 Å². The lowest BCUT2D eigenvalue weighted by Gasteiger charge is -2.17. The highest BCUT2D eigenvalue weighted by Gasteiger charge is 2.37. The lowest BCUT2D eigenvalue weighted by molar-refractivity contribution is -0.119. The van der Waals surface area contributed by atoms with Crippen LogP contribution >= 0.6 is 15.9 Å². The van der Waals surface area contributed by atoms with Gasteiger partial charge in [-0.05, 0) is 55.0 Å². The highest BCUT2D eigenvalue weighted by Crippen LogP contribution is 2.38. The average molecular weight is 474 g/mol. The Kier molecular flexibility index (Phi) is 4.94. The molecule has 0 spiro atoms. The van der Waals surface area contributed by atoms with E-state index in [0.29, 0.717) is 29.7 Å². The summed E-state index contributed by atoms with van der Waals surface area (Å²) >= 11 is 3.45. The Balaban J connectivity index is 1.70. The fourth-order valence-electron chi connectivity index (χ4n) is 4.35. The van der Waals surface area contributed by atoms with Crippen LogP contribution in [0.15, 0.2) is 82.1 Å². The third-order valence-electron chi connectivity index (χ3n) is 5.80. The summed E-state index contributed by atoms with van der Waals surface area (Å²) in [4.78, 5) is 33.4. The molecule has 0 N–H and O–H groups in total. The van der Waals surface area contributed by atoms with Crippen LogP contribution in [0.3, 0.4) is 0 Å². The molecule has 6 heteroatoms. The van der Waals surface area contributed by atoms with Crippen LogP contribution < -0.4 is 10.5 Å². The van der Waals surface area contributed by atoms with E-state index in [1.165, 1.54) is 0 Å². The number of para-hydroxylation sites is 2. The van der Waals surface area contributed by atoms with Crippen molar-refractivity contribution in [1.29, 1.82) is 0 Å². The lowest BCUT2D eigenvalue weighted by atomic mass is 9.96. The number of aromatic nitrogens is 2. The van der Waals surface area contributed by atoms with Crippen molar-refractivity contribution < 1.29 is 4.79 Å². The van der Waals surface area contributed by atoms with E-state index in [2.05, 4.69) is 15.9 Å². The highest BCUT2D eigenvalue weighted by molar-refractivity contribution is 9.10. The zero-order valence-electron chi connectivity index (χ0n) is 17.0. The highest BCUT2D eigenvalue weighted by atomic mass is 79.9. The summed E-state index contributed by atoms with van der Waals surface area (Å²) in [7, 11) is 0. The second-order valence-electron chi connectivity index (χ2n) is 7.56. The number of anilines is 1. The first-order chi connectivity index (χ1) is 15.1. The third kappa shape index (κ3) is 3.27. The number of halogens is 1. The van der Waals surface area contributed by atoms with Gasteiger partial charge in [-0.3, -0.25) is 14.2 Å². The molecule has 5 nitrogen and oxygen atoms in total. The van der Waals surface area contributed by atoms with Gasteiger partial charge in [-0.15, -0.1) is 0 Å². The molecule has 2 heterocycles. The molecule has 5 rings (SSSR count). The van der Waals surface area contributed by atoms with Gasteiger partial charge in [0.1, 0.15) is 5.82 Å². The van der Waals surface area contributed by atoms with Crippen molar-refractivity contribution in [3.63, 3.8) is 0 Å². The molecule has 1 amide bonds. The van der Waals surface area contributed by atoms with Gasteiger partial charge in [0, 0.05) is 23.1 Å². The van der Waals surface area contributed by atoms with Gasteiger partial charge < -0.3 is 4.90 Å². The molecule has 3 aromatic carbocycles. The minimum absolute atomic E-state index is 0.0495. The largest absolute Gasteiger partial charge is 0.312 e. The zero-order valence-corrected chi connectivity index (χ0v) is 18.5. The number of benzene rings is 3. The lowest BCUT2D eigenvalue weighted by Crippen LogP contribution is -2.31. The third-order valence-corrected chi connectivity index (χ3v) is 6.33.